The lowest BCUT2D eigenvalue weighted by atomic mass is 10.0. The van der Waals surface area contributed by atoms with E-state index in [0.717, 1.165) is 10.8 Å². The Bertz CT molecular complexity index is 569. The Balaban J connectivity index is 2.74. The number of halogens is 2. The van der Waals surface area contributed by atoms with Gasteiger partial charge in [0.15, 0.2) is 0 Å². The summed E-state index contributed by atoms with van der Waals surface area (Å²) in [6.07, 6.45) is 3.09. The van der Waals surface area contributed by atoms with E-state index in [1.165, 1.54) is 0 Å². The highest BCUT2D eigenvalue weighted by atomic mass is 35.5. The van der Waals surface area contributed by atoms with Crippen molar-refractivity contribution in [1.29, 1.82) is 0 Å². The average molecular weight is 256 g/mol. The molecule has 0 aliphatic heterocycles. The summed E-state index contributed by atoms with van der Waals surface area (Å²) < 4.78 is 0. The topological polar surface area (TPSA) is 50.2 Å². The minimum atomic E-state index is -0.913. The first-order chi connectivity index (χ1) is 7.59. The van der Waals surface area contributed by atoms with Gasteiger partial charge in [-0.05, 0) is 17.7 Å². The fourth-order valence-corrected chi connectivity index (χ4v) is 2.03. The highest BCUT2D eigenvalue weighted by molar-refractivity contribution is 6.45. The summed E-state index contributed by atoms with van der Waals surface area (Å²) in [5.41, 5.74) is 0.616. The number of hydrogen-bond acceptors (Lipinski definition) is 2. The van der Waals surface area contributed by atoms with E-state index in [2.05, 4.69) is 4.98 Å². The van der Waals surface area contributed by atoms with E-state index >= 15 is 0 Å². The van der Waals surface area contributed by atoms with Crippen LogP contribution < -0.4 is 0 Å². The van der Waals surface area contributed by atoms with E-state index in [-0.39, 0.29) is 6.42 Å². The van der Waals surface area contributed by atoms with Gasteiger partial charge in [-0.1, -0.05) is 23.2 Å². The van der Waals surface area contributed by atoms with Gasteiger partial charge in [-0.25, -0.2) is 0 Å². The molecular formula is C11H7Cl2NO2. The van der Waals surface area contributed by atoms with Crippen molar-refractivity contribution in [1.82, 2.24) is 4.98 Å². The lowest BCUT2D eigenvalue weighted by Crippen LogP contribution is -2.01. The first-order valence-corrected chi connectivity index (χ1v) is 5.27. The Morgan fingerprint density at radius 3 is 2.81 bits per heavy atom. The highest BCUT2D eigenvalue weighted by Crippen LogP contribution is 2.33. The van der Waals surface area contributed by atoms with Crippen molar-refractivity contribution in [3.05, 3.63) is 40.1 Å². The van der Waals surface area contributed by atoms with E-state index in [1.807, 2.05) is 0 Å². The standard InChI is InChI=1S/C11H7Cl2NO2/c12-9-3-6(4-10(15)16)8-5-14-2-1-7(8)11(9)13/h1-3,5H,4H2,(H,15,16). The molecule has 5 heteroatoms. The molecule has 0 fully saturated rings. The Labute approximate surface area is 102 Å². The first kappa shape index (κ1) is 11.2. The van der Waals surface area contributed by atoms with Gasteiger partial charge in [0.1, 0.15) is 0 Å². The van der Waals surface area contributed by atoms with Crippen LogP contribution in [0.25, 0.3) is 10.8 Å². The number of nitrogens with zero attached hydrogens (tertiary/aromatic N) is 1. The Hall–Kier alpha value is -1.32. The molecule has 0 amide bonds. The van der Waals surface area contributed by atoms with Crippen LogP contribution in [-0.2, 0) is 11.2 Å². The van der Waals surface area contributed by atoms with Crippen molar-refractivity contribution in [2.75, 3.05) is 0 Å². The highest BCUT2D eigenvalue weighted by Gasteiger charge is 2.11. The summed E-state index contributed by atoms with van der Waals surface area (Å²) in [4.78, 5) is 14.7. The van der Waals surface area contributed by atoms with Crippen molar-refractivity contribution < 1.29 is 9.90 Å². The molecule has 2 rings (SSSR count). The smallest absolute Gasteiger partial charge is 0.307 e. The zero-order chi connectivity index (χ0) is 11.7. The summed E-state index contributed by atoms with van der Waals surface area (Å²) in [6.45, 7) is 0. The minimum absolute atomic E-state index is 0.0981. The molecule has 2 aromatic rings. The SMILES string of the molecule is O=C(O)Cc1cc(Cl)c(Cl)c2ccncc12. The maximum atomic E-state index is 10.7. The van der Waals surface area contributed by atoms with Crippen LogP contribution in [0.15, 0.2) is 24.5 Å². The minimum Gasteiger partial charge on any atom is -0.481 e. The van der Waals surface area contributed by atoms with Crippen LogP contribution in [0, 0.1) is 0 Å². The number of benzene rings is 1. The van der Waals surface area contributed by atoms with Gasteiger partial charge in [0.2, 0.25) is 0 Å². The average Bonchev–Trinajstić information content (AvgIpc) is 2.25. The normalized spacial score (nSPS) is 10.6. The fraction of sp³-hybridized carbons (Fsp3) is 0.0909. The largest absolute Gasteiger partial charge is 0.481 e. The summed E-state index contributed by atoms with van der Waals surface area (Å²) in [5, 5.41) is 11.0. The van der Waals surface area contributed by atoms with E-state index in [4.69, 9.17) is 28.3 Å². The Kier molecular flexibility index (Phi) is 2.99. The number of fused-ring (bicyclic) bond motifs is 1. The van der Waals surface area contributed by atoms with Crippen LogP contribution >= 0.6 is 23.2 Å². The number of aliphatic carboxylic acids is 1. The van der Waals surface area contributed by atoms with Crippen molar-refractivity contribution in [2.24, 2.45) is 0 Å². The van der Waals surface area contributed by atoms with E-state index in [1.54, 1.807) is 24.5 Å². The lowest BCUT2D eigenvalue weighted by molar-refractivity contribution is -0.136. The fourth-order valence-electron chi connectivity index (χ4n) is 1.57. The first-order valence-electron chi connectivity index (χ1n) is 4.52. The van der Waals surface area contributed by atoms with E-state index in [9.17, 15) is 4.79 Å². The van der Waals surface area contributed by atoms with Crippen LogP contribution in [0.3, 0.4) is 0 Å². The number of hydrogen-bond donors (Lipinski definition) is 1. The lowest BCUT2D eigenvalue weighted by Gasteiger charge is -2.07. The molecule has 82 valence electrons. The molecule has 0 saturated carbocycles. The van der Waals surface area contributed by atoms with Crippen molar-refractivity contribution >= 4 is 39.9 Å². The number of carboxylic acid groups (broad SMARTS) is 1. The maximum Gasteiger partial charge on any atom is 0.307 e. The molecule has 0 spiro atoms. The molecule has 0 aliphatic rings. The zero-order valence-corrected chi connectivity index (χ0v) is 9.59. The predicted octanol–water partition coefficient (Wildman–Crippen LogP) is 3.17. The van der Waals surface area contributed by atoms with Gasteiger partial charge in [0, 0.05) is 23.2 Å². The van der Waals surface area contributed by atoms with Gasteiger partial charge in [-0.2, -0.15) is 0 Å². The third-order valence-corrected chi connectivity index (χ3v) is 3.06. The van der Waals surface area contributed by atoms with Crippen LogP contribution in [0.4, 0.5) is 0 Å². The van der Waals surface area contributed by atoms with E-state index in [0.29, 0.717) is 15.6 Å². The monoisotopic (exact) mass is 255 g/mol. The Morgan fingerprint density at radius 2 is 2.12 bits per heavy atom. The second kappa shape index (κ2) is 4.28. The molecule has 0 radical (unpaired) electrons. The zero-order valence-electron chi connectivity index (χ0n) is 8.08. The summed E-state index contributed by atoms with van der Waals surface area (Å²) in [5.74, 6) is -0.913. The van der Waals surface area contributed by atoms with Gasteiger partial charge in [-0.15, -0.1) is 0 Å². The molecular weight excluding hydrogens is 249 g/mol. The molecule has 1 heterocycles. The summed E-state index contributed by atoms with van der Waals surface area (Å²) >= 11 is 12.0. The van der Waals surface area contributed by atoms with Gasteiger partial charge < -0.3 is 5.11 Å². The molecule has 0 aliphatic carbocycles. The predicted molar refractivity (Wildman–Crippen MR) is 63.1 cm³/mol. The third kappa shape index (κ3) is 1.96. The van der Waals surface area contributed by atoms with Crippen LogP contribution in [0.5, 0.6) is 0 Å². The number of pyridine rings is 1. The Morgan fingerprint density at radius 1 is 1.38 bits per heavy atom. The van der Waals surface area contributed by atoms with Gasteiger partial charge in [0.25, 0.3) is 0 Å². The summed E-state index contributed by atoms with van der Waals surface area (Å²) in [7, 11) is 0. The molecule has 0 atom stereocenters. The quantitative estimate of drug-likeness (QED) is 0.897. The van der Waals surface area contributed by atoms with Gasteiger partial charge in [0.05, 0.1) is 16.5 Å². The van der Waals surface area contributed by atoms with Crippen LogP contribution in [0.2, 0.25) is 10.0 Å². The molecule has 16 heavy (non-hydrogen) atoms. The van der Waals surface area contributed by atoms with Crippen molar-refractivity contribution in [3.63, 3.8) is 0 Å². The van der Waals surface area contributed by atoms with Gasteiger partial charge in [-0.3, -0.25) is 9.78 Å². The summed E-state index contributed by atoms with van der Waals surface area (Å²) in [6, 6.07) is 3.29. The number of carbonyl (C=O) groups is 1. The molecule has 3 nitrogen and oxygen atoms in total. The molecule has 1 aromatic carbocycles. The van der Waals surface area contributed by atoms with E-state index < -0.39 is 5.97 Å². The number of rotatable bonds is 2. The number of aromatic nitrogens is 1. The van der Waals surface area contributed by atoms with Crippen LogP contribution in [0.1, 0.15) is 5.56 Å². The molecule has 0 bridgehead atoms. The van der Waals surface area contributed by atoms with Crippen molar-refractivity contribution in [2.45, 2.75) is 6.42 Å². The third-order valence-electron chi connectivity index (χ3n) is 2.26. The van der Waals surface area contributed by atoms with Gasteiger partial charge >= 0.3 is 5.97 Å². The molecule has 0 unspecified atom stereocenters. The van der Waals surface area contributed by atoms with Crippen LogP contribution in [-0.4, -0.2) is 16.1 Å². The second-order valence-corrected chi connectivity index (χ2v) is 4.11. The second-order valence-electron chi connectivity index (χ2n) is 3.32. The maximum absolute atomic E-state index is 10.7. The van der Waals surface area contributed by atoms with Crippen molar-refractivity contribution in [3.8, 4) is 0 Å². The molecule has 1 N–H and O–H groups in total. The number of carboxylic acids is 1. The molecule has 0 saturated heterocycles. The molecule has 1 aromatic heterocycles.